The SMILES string of the molecule is CCCN(CCC)S(=O)(=O)c1cc(-c2cc(C)no2)ccc1CC. The first kappa shape index (κ1) is 18.7. The zero-order chi connectivity index (χ0) is 17.7. The molecule has 1 aromatic carbocycles. The smallest absolute Gasteiger partial charge is 0.243 e. The minimum Gasteiger partial charge on any atom is -0.356 e. The third-order valence-corrected chi connectivity index (χ3v) is 5.91. The fraction of sp³-hybridized carbons (Fsp3) is 0.500. The number of nitrogens with zero attached hydrogens (tertiary/aromatic N) is 2. The Morgan fingerprint density at radius 1 is 1.08 bits per heavy atom. The van der Waals surface area contributed by atoms with Gasteiger partial charge in [-0.05, 0) is 37.8 Å². The van der Waals surface area contributed by atoms with Crippen LogP contribution in [0.5, 0.6) is 0 Å². The first-order valence-electron chi connectivity index (χ1n) is 8.50. The third kappa shape index (κ3) is 3.87. The highest BCUT2D eigenvalue weighted by atomic mass is 32.2. The highest BCUT2D eigenvalue weighted by Crippen LogP contribution is 2.28. The molecule has 5 nitrogen and oxygen atoms in total. The van der Waals surface area contributed by atoms with Crippen molar-refractivity contribution in [1.82, 2.24) is 9.46 Å². The van der Waals surface area contributed by atoms with E-state index in [2.05, 4.69) is 5.16 Å². The zero-order valence-electron chi connectivity index (χ0n) is 14.9. The van der Waals surface area contributed by atoms with E-state index in [1.807, 2.05) is 45.9 Å². The molecule has 24 heavy (non-hydrogen) atoms. The van der Waals surface area contributed by atoms with Crippen LogP contribution in [-0.4, -0.2) is 31.0 Å². The summed E-state index contributed by atoms with van der Waals surface area (Å²) >= 11 is 0. The first-order chi connectivity index (χ1) is 11.4. The van der Waals surface area contributed by atoms with Crippen LogP contribution in [0.15, 0.2) is 33.7 Å². The number of aromatic nitrogens is 1. The van der Waals surface area contributed by atoms with Gasteiger partial charge in [-0.3, -0.25) is 0 Å². The van der Waals surface area contributed by atoms with Crippen LogP contribution < -0.4 is 0 Å². The molecule has 2 aromatic rings. The molecule has 0 amide bonds. The Morgan fingerprint density at radius 3 is 2.25 bits per heavy atom. The van der Waals surface area contributed by atoms with Crippen LogP contribution in [0.1, 0.15) is 44.9 Å². The molecule has 2 rings (SSSR count). The van der Waals surface area contributed by atoms with Gasteiger partial charge in [0.25, 0.3) is 0 Å². The molecule has 0 unspecified atom stereocenters. The maximum absolute atomic E-state index is 13.2. The standard InChI is InChI=1S/C18H26N2O3S/c1-5-10-20(11-6-2)24(21,22)18-13-16(9-8-15(18)7-3)17-12-14(4)19-23-17/h8-9,12-13H,5-7,10-11H2,1-4H3. The van der Waals surface area contributed by atoms with Crippen molar-refractivity contribution in [3.05, 3.63) is 35.5 Å². The zero-order valence-corrected chi connectivity index (χ0v) is 15.7. The maximum Gasteiger partial charge on any atom is 0.243 e. The van der Waals surface area contributed by atoms with Crippen LogP contribution in [0.4, 0.5) is 0 Å². The molecule has 0 fully saturated rings. The van der Waals surface area contributed by atoms with Gasteiger partial charge in [0, 0.05) is 24.7 Å². The van der Waals surface area contributed by atoms with E-state index >= 15 is 0 Å². The minimum absolute atomic E-state index is 0.374. The van der Waals surface area contributed by atoms with E-state index < -0.39 is 10.0 Å². The lowest BCUT2D eigenvalue weighted by atomic mass is 10.1. The van der Waals surface area contributed by atoms with Gasteiger partial charge in [-0.2, -0.15) is 4.31 Å². The van der Waals surface area contributed by atoms with Gasteiger partial charge in [0.1, 0.15) is 0 Å². The van der Waals surface area contributed by atoms with Gasteiger partial charge in [-0.1, -0.05) is 38.1 Å². The van der Waals surface area contributed by atoms with Crippen LogP contribution in [-0.2, 0) is 16.4 Å². The monoisotopic (exact) mass is 350 g/mol. The third-order valence-electron chi connectivity index (χ3n) is 3.92. The maximum atomic E-state index is 13.2. The largest absolute Gasteiger partial charge is 0.356 e. The topological polar surface area (TPSA) is 63.4 Å². The summed E-state index contributed by atoms with van der Waals surface area (Å²) in [6.07, 6.45) is 2.25. The lowest BCUT2D eigenvalue weighted by Crippen LogP contribution is -2.33. The molecule has 6 heteroatoms. The first-order valence-corrected chi connectivity index (χ1v) is 9.94. The van der Waals surface area contributed by atoms with Crippen LogP contribution in [0, 0.1) is 6.92 Å². The van der Waals surface area contributed by atoms with Gasteiger partial charge >= 0.3 is 0 Å². The Bertz CT molecular complexity index is 775. The average Bonchev–Trinajstić information content (AvgIpc) is 3.00. The summed E-state index contributed by atoms with van der Waals surface area (Å²) < 4.78 is 33.2. The van der Waals surface area contributed by atoms with E-state index in [4.69, 9.17) is 4.52 Å². The second-order valence-corrected chi connectivity index (χ2v) is 7.82. The highest BCUT2D eigenvalue weighted by Gasteiger charge is 2.26. The summed E-state index contributed by atoms with van der Waals surface area (Å²) in [5, 5.41) is 3.89. The quantitative estimate of drug-likeness (QED) is 0.721. The summed E-state index contributed by atoms with van der Waals surface area (Å²) in [6, 6.07) is 7.29. The van der Waals surface area contributed by atoms with Gasteiger partial charge in [0.15, 0.2) is 5.76 Å². The molecule has 0 radical (unpaired) electrons. The van der Waals surface area contributed by atoms with E-state index in [0.717, 1.165) is 29.7 Å². The number of rotatable bonds is 8. The summed E-state index contributed by atoms with van der Waals surface area (Å²) in [4.78, 5) is 0.374. The molecule has 0 N–H and O–H groups in total. The summed E-state index contributed by atoms with van der Waals surface area (Å²) in [5.41, 5.74) is 2.33. The van der Waals surface area contributed by atoms with Crippen molar-refractivity contribution in [3.63, 3.8) is 0 Å². The van der Waals surface area contributed by atoms with Crippen LogP contribution in [0.2, 0.25) is 0 Å². The van der Waals surface area contributed by atoms with Crippen LogP contribution >= 0.6 is 0 Å². The molecule has 132 valence electrons. The predicted molar refractivity (Wildman–Crippen MR) is 95.4 cm³/mol. The predicted octanol–water partition coefficient (Wildman–Crippen LogP) is 4.02. The second-order valence-electron chi connectivity index (χ2n) is 5.91. The Labute approximate surface area is 144 Å². The van der Waals surface area contributed by atoms with Crippen molar-refractivity contribution in [2.45, 2.75) is 51.9 Å². The van der Waals surface area contributed by atoms with E-state index in [-0.39, 0.29) is 0 Å². The molecule has 0 saturated heterocycles. The molecular formula is C18H26N2O3S. The van der Waals surface area contributed by atoms with Gasteiger partial charge in [-0.25, -0.2) is 8.42 Å². The highest BCUT2D eigenvalue weighted by molar-refractivity contribution is 7.89. The number of benzene rings is 1. The molecular weight excluding hydrogens is 324 g/mol. The molecule has 0 aliphatic rings. The normalized spacial score (nSPS) is 12.0. The van der Waals surface area contributed by atoms with Crippen molar-refractivity contribution in [2.24, 2.45) is 0 Å². The lowest BCUT2D eigenvalue weighted by molar-refractivity contribution is 0.409. The number of hydrogen-bond donors (Lipinski definition) is 0. The number of sulfonamides is 1. The molecule has 1 heterocycles. The number of hydrogen-bond acceptors (Lipinski definition) is 4. The van der Waals surface area contributed by atoms with Crippen LogP contribution in [0.3, 0.4) is 0 Å². The number of aryl methyl sites for hydroxylation is 2. The molecule has 0 atom stereocenters. The molecule has 0 saturated carbocycles. The van der Waals surface area contributed by atoms with Gasteiger partial charge < -0.3 is 4.52 Å². The van der Waals surface area contributed by atoms with Crippen molar-refractivity contribution < 1.29 is 12.9 Å². The molecule has 1 aromatic heterocycles. The Morgan fingerprint density at radius 2 is 1.75 bits per heavy atom. The van der Waals surface area contributed by atoms with Crippen molar-refractivity contribution in [1.29, 1.82) is 0 Å². The van der Waals surface area contributed by atoms with Crippen molar-refractivity contribution >= 4 is 10.0 Å². The molecule has 0 bridgehead atoms. The fourth-order valence-electron chi connectivity index (χ4n) is 2.73. The van der Waals surface area contributed by atoms with Gasteiger partial charge in [0.2, 0.25) is 10.0 Å². The fourth-order valence-corrected chi connectivity index (χ4v) is 4.67. The van der Waals surface area contributed by atoms with E-state index in [0.29, 0.717) is 30.2 Å². The second kappa shape index (κ2) is 7.94. The molecule has 0 aliphatic carbocycles. The minimum atomic E-state index is -3.52. The summed E-state index contributed by atoms with van der Waals surface area (Å²) in [6.45, 7) is 8.86. The van der Waals surface area contributed by atoms with E-state index in [1.165, 1.54) is 0 Å². The van der Waals surface area contributed by atoms with Crippen LogP contribution in [0.25, 0.3) is 11.3 Å². The Balaban J connectivity index is 2.53. The Kier molecular flexibility index (Phi) is 6.18. The molecule has 0 aliphatic heterocycles. The van der Waals surface area contributed by atoms with E-state index in [9.17, 15) is 8.42 Å². The average molecular weight is 350 g/mol. The Hall–Kier alpha value is -1.66. The van der Waals surface area contributed by atoms with E-state index in [1.54, 1.807) is 10.4 Å². The van der Waals surface area contributed by atoms with Crippen molar-refractivity contribution in [3.8, 4) is 11.3 Å². The van der Waals surface area contributed by atoms with Gasteiger partial charge in [-0.15, -0.1) is 0 Å². The van der Waals surface area contributed by atoms with Gasteiger partial charge in [0.05, 0.1) is 10.6 Å². The summed E-state index contributed by atoms with van der Waals surface area (Å²) in [5.74, 6) is 0.587. The lowest BCUT2D eigenvalue weighted by Gasteiger charge is -2.22. The molecule has 0 spiro atoms. The summed E-state index contributed by atoms with van der Waals surface area (Å²) in [7, 11) is -3.52. The van der Waals surface area contributed by atoms with Crippen molar-refractivity contribution in [2.75, 3.05) is 13.1 Å².